The maximum Gasteiger partial charge on any atom is 0.322 e. The van der Waals surface area contributed by atoms with Crippen LogP contribution in [-0.4, -0.2) is 27.6 Å². The van der Waals surface area contributed by atoms with Crippen LogP contribution in [0.3, 0.4) is 0 Å². The number of rotatable bonds is 3. The fourth-order valence-corrected chi connectivity index (χ4v) is 3.44. The van der Waals surface area contributed by atoms with Gasteiger partial charge in [0.1, 0.15) is 6.04 Å². The number of carbonyl (C=O) groups is 1. The fraction of sp³-hybridized carbons (Fsp3) is 0.286. The van der Waals surface area contributed by atoms with Gasteiger partial charge < -0.3 is 14.7 Å². The molecule has 2 heterocycles. The lowest BCUT2D eigenvalue weighted by atomic mass is 10.1. The Hall–Kier alpha value is -3.15. The van der Waals surface area contributed by atoms with Crippen LogP contribution in [0.25, 0.3) is 11.4 Å². The standard InChI is InChI=1S/C21H22N4O2/c1-14-7-5-9-16(13-14)19-23-20(27-24-19)18-11-6-12-25(18)21(26)22-17-10-4-3-8-15(17)2/h3-5,7-10,13,18H,6,11-12H2,1-2H3,(H,22,26). The zero-order valence-corrected chi connectivity index (χ0v) is 15.5. The Kier molecular flexibility index (Phi) is 4.62. The van der Waals surface area contributed by atoms with Gasteiger partial charge in [-0.15, -0.1) is 0 Å². The molecule has 1 atom stereocenters. The van der Waals surface area contributed by atoms with E-state index in [0.29, 0.717) is 18.3 Å². The third-order valence-corrected chi connectivity index (χ3v) is 4.90. The van der Waals surface area contributed by atoms with Crippen LogP contribution in [-0.2, 0) is 0 Å². The molecule has 0 bridgehead atoms. The Labute approximate surface area is 158 Å². The molecule has 1 fully saturated rings. The third-order valence-electron chi connectivity index (χ3n) is 4.90. The number of urea groups is 1. The van der Waals surface area contributed by atoms with E-state index in [1.54, 1.807) is 4.90 Å². The van der Waals surface area contributed by atoms with Gasteiger partial charge in [-0.1, -0.05) is 47.1 Å². The first kappa shape index (κ1) is 17.3. The number of amides is 2. The number of anilines is 1. The molecule has 2 amide bonds. The number of carbonyl (C=O) groups excluding carboxylic acids is 1. The molecule has 27 heavy (non-hydrogen) atoms. The van der Waals surface area contributed by atoms with Gasteiger partial charge in [0.25, 0.3) is 0 Å². The number of aromatic nitrogens is 2. The minimum absolute atomic E-state index is 0.137. The van der Waals surface area contributed by atoms with Gasteiger partial charge in [-0.25, -0.2) is 4.79 Å². The van der Waals surface area contributed by atoms with Crippen LogP contribution >= 0.6 is 0 Å². The monoisotopic (exact) mass is 362 g/mol. The topological polar surface area (TPSA) is 71.3 Å². The number of nitrogens with zero attached hydrogens (tertiary/aromatic N) is 3. The molecule has 0 radical (unpaired) electrons. The maximum absolute atomic E-state index is 12.8. The highest BCUT2D eigenvalue weighted by molar-refractivity contribution is 5.90. The number of hydrogen-bond acceptors (Lipinski definition) is 4. The van der Waals surface area contributed by atoms with Crippen LogP contribution < -0.4 is 5.32 Å². The molecule has 138 valence electrons. The van der Waals surface area contributed by atoms with Crippen molar-refractivity contribution in [2.45, 2.75) is 32.7 Å². The van der Waals surface area contributed by atoms with Gasteiger partial charge in [-0.3, -0.25) is 0 Å². The van der Waals surface area contributed by atoms with Crippen molar-refractivity contribution in [3.63, 3.8) is 0 Å². The summed E-state index contributed by atoms with van der Waals surface area (Å²) in [6.45, 7) is 4.67. The van der Waals surface area contributed by atoms with Gasteiger partial charge in [-0.2, -0.15) is 4.98 Å². The summed E-state index contributed by atoms with van der Waals surface area (Å²) in [5.41, 5.74) is 3.90. The Morgan fingerprint density at radius 1 is 1.19 bits per heavy atom. The average Bonchev–Trinajstić information content (AvgIpc) is 3.33. The zero-order chi connectivity index (χ0) is 18.8. The first-order valence-corrected chi connectivity index (χ1v) is 9.16. The molecular formula is C21H22N4O2. The average molecular weight is 362 g/mol. The van der Waals surface area contributed by atoms with Gasteiger partial charge >= 0.3 is 6.03 Å². The highest BCUT2D eigenvalue weighted by Crippen LogP contribution is 2.32. The van der Waals surface area contributed by atoms with E-state index in [4.69, 9.17) is 4.52 Å². The van der Waals surface area contributed by atoms with Crippen molar-refractivity contribution in [3.05, 3.63) is 65.5 Å². The maximum atomic E-state index is 12.8. The molecule has 6 heteroatoms. The first-order chi connectivity index (χ1) is 13.1. The molecule has 6 nitrogen and oxygen atoms in total. The third kappa shape index (κ3) is 3.56. The number of benzene rings is 2. The summed E-state index contributed by atoms with van der Waals surface area (Å²) in [4.78, 5) is 19.1. The molecule has 4 rings (SSSR count). The molecule has 2 aromatic carbocycles. The summed E-state index contributed by atoms with van der Waals surface area (Å²) in [6.07, 6.45) is 1.73. The molecule has 0 spiro atoms. The van der Waals surface area contributed by atoms with Crippen molar-refractivity contribution in [1.82, 2.24) is 15.0 Å². The highest BCUT2D eigenvalue weighted by atomic mass is 16.5. The number of para-hydroxylation sites is 1. The van der Waals surface area contributed by atoms with Gasteiger partial charge in [0.05, 0.1) is 0 Å². The van der Waals surface area contributed by atoms with Crippen molar-refractivity contribution in [1.29, 1.82) is 0 Å². The molecule has 0 aliphatic carbocycles. The first-order valence-electron chi connectivity index (χ1n) is 9.16. The van der Waals surface area contributed by atoms with Crippen LogP contribution in [0.2, 0.25) is 0 Å². The van der Waals surface area contributed by atoms with Gasteiger partial charge in [0, 0.05) is 17.8 Å². The van der Waals surface area contributed by atoms with Crippen LogP contribution in [0.5, 0.6) is 0 Å². The van der Waals surface area contributed by atoms with E-state index in [-0.39, 0.29) is 12.1 Å². The van der Waals surface area contributed by atoms with Crippen molar-refractivity contribution < 1.29 is 9.32 Å². The molecule has 1 aliphatic rings. The van der Waals surface area contributed by atoms with Crippen LogP contribution in [0, 0.1) is 13.8 Å². The van der Waals surface area contributed by atoms with Gasteiger partial charge in [0.2, 0.25) is 11.7 Å². The summed E-state index contributed by atoms with van der Waals surface area (Å²) in [7, 11) is 0. The van der Waals surface area contributed by atoms with Gasteiger partial charge in [-0.05, 0) is 44.4 Å². The normalized spacial score (nSPS) is 16.5. The van der Waals surface area contributed by atoms with E-state index in [2.05, 4.69) is 15.5 Å². The summed E-state index contributed by atoms with van der Waals surface area (Å²) in [5, 5.41) is 7.11. The minimum atomic E-state index is -0.194. The van der Waals surface area contributed by atoms with Crippen LogP contribution in [0.4, 0.5) is 10.5 Å². The lowest BCUT2D eigenvalue weighted by Crippen LogP contribution is -2.34. The second kappa shape index (κ2) is 7.23. The fourth-order valence-electron chi connectivity index (χ4n) is 3.44. The second-order valence-corrected chi connectivity index (χ2v) is 6.92. The van der Waals surface area contributed by atoms with Crippen LogP contribution in [0.15, 0.2) is 53.1 Å². The Morgan fingerprint density at radius 3 is 2.85 bits per heavy atom. The molecule has 3 aromatic rings. The van der Waals surface area contributed by atoms with Crippen molar-refractivity contribution >= 4 is 11.7 Å². The molecule has 1 unspecified atom stereocenters. The molecule has 0 saturated carbocycles. The minimum Gasteiger partial charge on any atom is -0.337 e. The largest absolute Gasteiger partial charge is 0.337 e. The summed E-state index contributed by atoms with van der Waals surface area (Å²) < 4.78 is 5.51. The summed E-state index contributed by atoms with van der Waals surface area (Å²) in [5.74, 6) is 1.05. The lowest BCUT2D eigenvalue weighted by molar-refractivity contribution is 0.193. The highest BCUT2D eigenvalue weighted by Gasteiger charge is 2.34. The Bertz CT molecular complexity index is 966. The van der Waals surface area contributed by atoms with Gasteiger partial charge in [0.15, 0.2) is 0 Å². The number of nitrogens with one attached hydrogen (secondary N) is 1. The van der Waals surface area contributed by atoms with Crippen molar-refractivity contribution in [2.24, 2.45) is 0 Å². The second-order valence-electron chi connectivity index (χ2n) is 6.92. The van der Waals surface area contributed by atoms with E-state index in [0.717, 1.165) is 35.2 Å². The summed E-state index contributed by atoms with van der Waals surface area (Å²) in [6, 6.07) is 15.4. The Balaban J connectivity index is 1.53. The molecule has 1 aromatic heterocycles. The van der Waals surface area contributed by atoms with Crippen LogP contribution in [0.1, 0.15) is 35.9 Å². The smallest absolute Gasteiger partial charge is 0.322 e. The summed E-state index contributed by atoms with van der Waals surface area (Å²) >= 11 is 0. The van der Waals surface area contributed by atoms with E-state index in [1.165, 1.54) is 0 Å². The number of aryl methyl sites for hydroxylation is 2. The SMILES string of the molecule is Cc1cccc(-c2noc(C3CCCN3C(=O)Nc3ccccc3C)n2)c1. The molecule has 1 saturated heterocycles. The Morgan fingerprint density at radius 2 is 2.04 bits per heavy atom. The van der Waals surface area contributed by atoms with E-state index in [1.807, 2.05) is 62.4 Å². The van der Waals surface area contributed by atoms with E-state index >= 15 is 0 Å². The molecule has 1 aliphatic heterocycles. The number of likely N-dealkylation sites (tertiary alicyclic amines) is 1. The van der Waals surface area contributed by atoms with Crippen molar-refractivity contribution in [2.75, 3.05) is 11.9 Å². The van der Waals surface area contributed by atoms with E-state index in [9.17, 15) is 4.79 Å². The quantitative estimate of drug-likeness (QED) is 0.732. The number of hydrogen-bond donors (Lipinski definition) is 1. The predicted octanol–water partition coefficient (Wildman–Crippen LogP) is 4.72. The van der Waals surface area contributed by atoms with E-state index < -0.39 is 0 Å². The lowest BCUT2D eigenvalue weighted by Gasteiger charge is -2.22. The molecule has 1 N–H and O–H groups in total. The zero-order valence-electron chi connectivity index (χ0n) is 15.5. The van der Waals surface area contributed by atoms with Crippen molar-refractivity contribution in [3.8, 4) is 11.4 Å². The molecular weight excluding hydrogens is 340 g/mol. The predicted molar refractivity (Wildman–Crippen MR) is 103 cm³/mol.